The van der Waals surface area contributed by atoms with Crippen LogP contribution in [-0.4, -0.2) is 12.5 Å². The third-order valence-electron chi connectivity index (χ3n) is 5.34. The minimum absolute atomic E-state index is 0.0128. The maximum absolute atomic E-state index is 12.8. The van der Waals surface area contributed by atoms with E-state index in [1.54, 1.807) is 12.1 Å². The number of ether oxygens (including phenoxy) is 2. The lowest BCUT2D eigenvalue weighted by Crippen LogP contribution is -2.14. The van der Waals surface area contributed by atoms with Gasteiger partial charge in [0.15, 0.2) is 11.5 Å². The average Bonchev–Trinajstić information content (AvgIpc) is 2.84. The summed E-state index contributed by atoms with van der Waals surface area (Å²) < 4.78 is 13.5. The number of amides is 1. The maximum Gasteiger partial charge on any atom is 0.266 e. The highest BCUT2D eigenvalue weighted by Gasteiger charge is 2.16. The molecule has 3 aromatic rings. The van der Waals surface area contributed by atoms with Gasteiger partial charge in [0.05, 0.1) is 6.61 Å². The average molecular weight is 612 g/mol. The number of carbonyl (C=O) groups is 1. The molecule has 0 aliphatic rings. The summed E-state index contributed by atoms with van der Waals surface area (Å²) >= 11 is 6.97. The monoisotopic (exact) mass is 610 g/mol. The first kappa shape index (κ1) is 27.5. The molecule has 0 aromatic heterocycles. The molecule has 0 atom stereocenters. The predicted octanol–water partition coefficient (Wildman–Crippen LogP) is 8.03. The van der Waals surface area contributed by atoms with E-state index in [0.717, 1.165) is 15.6 Å². The van der Waals surface area contributed by atoms with Crippen LogP contribution in [0.25, 0.3) is 6.08 Å². The molecule has 7 heteroatoms. The van der Waals surface area contributed by atoms with Gasteiger partial charge in [-0.2, -0.15) is 5.26 Å². The van der Waals surface area contributed by atoms with E-state index in [-0.39, 0.29) is 11.0 Å². The minimum Gasteiger partial charge on any atom is -0.490 e. The molecule has 186 valence electrons. The molecule has 0 bridgehead atoms. The van der Waals surface area contributed by atoms with Gasteiger partial charge in [-0.1, -0.05) is 76.9 Å². The zero-order valence-electron chi connectivity index (χ0n) is 20.7. The summed E-state index contributed by atoms with van der Waals surface area (Å²) in [6.45, 7) is 9.08. The summed E-state index contributed by atoms with van der Waals surface area (Å²) in [6.07, 6.45) is 1.53. The van der Waals surface area contributed by atoms with Crippen molar-refractivity contribution in [3.05, 3.63) is 91.9 Å². The number of hydrogen-bond donors (Lipinski definition) is 1. The van der Waals surface area contributed by atoms with Crippen molar-refractivity contribution in [1.29, 1.82) is 5.26 Å². The Hall–Kier alpha value is -3.08. The van der Waals surface area contributed by atoms with Gasteiger partial charge in [-0.3, -0.25) is 4.79 Å². The largest absolute Gasteiger partial charge is 0.490 e. The van der Waals surface area contributed by atoms with Gasteiger partial charge in [-0.15, -0.1) is 0 Å². The number of benzene rings is 3. The molecule has 0 heterocycles. The molecule has 0 unspecified atom stereocenters. The van der Waals surface area contributed by atoms with E-state index in [4.69, 9.17) is 9.47 Å². The Labute approximate surface area is 229 Å². The number of carbonyl (C=O) groups excluding carboxylic acids is 1. The van der Waals surface area contributed by atoms with Gasteiger partial charge in [0.25, 0.3) is 5.91 Å². The smallest absolute Gasteiger partial charge is 0.266 e. The van der Waals surface area contributed by atoms with Crippen LogP contribution in [0.1, 0.15) is 44.4 Å². The summed E-state index contributed by atoms with van der Waals surface area (Å²) in [6, 6.07) is 21.0. The molecule has 3 aromatic carbocycles. The zero-order valence-corrected chi connectivity index (χ0v) is 23.9. The molecule has 0 spiro atoms. The first-order valence-corrected chi connectivity index (χ1v) is 13.1. The van der Waals surface area contributed by atoms with Gasteiger partial charge in [0.1, 0.15) is 18.2 Å². The van der Waals surface area contributed by atoms with Crippen molar-refractivity contribution in [3.8, 4) is 17.6 Å². The van der Waals surface area contributed by atoms with E-state index in [9.17, 15) is 10.1 Å². The Balaban J connectivity index is 1.81. The van der Waals surface area contributed by atoms with Gasteiger partial charge < -0.3 is 14.8 Å². The highest BCUT2D eigenvalue weighted by Crippen LogP contribution is 2.35. The van der Waals surface area contributed by atoms with Crippen LogP contribution in [-0.2, 0) is 16.8 Å². The van der Waals surface area contributed by atoms with E-state index >= 15 is 0 Å². The molecule has 1 N–H and O–H groups in total. The number of nitriles is 1. The van der Waals surface area contributed by atoms with Crippen molar-refractivity contribution in [3.63, 3.8) is 0 Å². The second-order valence-electron chi connectivity index (χ2n) is 9.12. The fourth-order valence-electron chi connectivity index (χ4n) is 3.34. The fourth-order valence-corrected chi connectivity index (χ4v) is 4.04. The van der Waals surface area contributed by atoms with E-state index in [1.807, 2.05) is 61.5 Å². The molecule has 0 aliphatic heterocycles. The zero-order chi connectivity index (χ0) is 26.3. The minimum atomic E-state index is -0.485. The number of hydrogen-bond acceptors (Lipinski definition) is 4. The highest BCUT2D eigenvalue weighted by atomic mass is 79.9. The van der Waals surface area contributed by atoms with Crippen LogP contribution in [0.15, 0.2) is 75.2 Å². The number of nitrogens with zero attached hydrogens (tertiary/aromatic N) is 1. The van der Waals surface area contributed by atoms with Crippen molar-refractivity contribution >= 4 is 49.5 Å². The second-order valence-corrected chi connectivity index (χ2v) is 10.9. The third-order valence-corrected chi connectivity index (χ3v) is 6.56. The Kier molecular flexibility index (Phi) is 9.36. The summed E-state index contributed by atoms with van der Waals surface area (Å²) in [5.41, 5.74) is 3.41. The quantitative estimate of drug-likeness (QED) is 0.207. The Morgan fingerprint density at radius 2 is 1.64 bits per heavy atom. The number of rotatable bonds is 8. The molecule has 36 heavy (non-hydrogen) atoms. The third kappa shape index (κ3) is 7.46. The van der Waals surface area contributed by atoms with Crippen LogP contribution in [0.5, 0.6) is 11.5 Å². The first-order valence-electron chi connectivity index (χ1n) is 11.5. The molecule has 3 rings (SSSR count). The van der Waals surface area contributed by atoms with Crippen molar-refractivity contribution in [2.24, 2.45) is 0 Å². The SMILES string of the molecule is CCOc1cc(/C=C(\C#N)C(=O)Nc2ccc(C(C)(C)C)cc2)c(Br)cc1OCc1ccc(Br)cc1. The van der Waals surface area contributed by atoms with Crippen molar-refractivity contribution in [1.82, 2.24) is 0 Å². The summed E-state index contributed by atoms with van der Waals surface area (Å²) in [5.74, 6) is 0.603. The van der Waals surface area contributed by atoms with E-state index in [1.165, 1.54) is 6.08 Å². The number of nitrogens with one attached hydrogen (secondary N) is 1. The fraction of sp³-hybridized carbons (Fsp3) is 0.241. The summed E-state index contributed by atoms with van der Waals surface area (Å²) in [5, 5.41) is 12.5. The van der Waals surface area contributed by atoms with Gasteiger partial charge in [0, 0.05) is 14.6 Å². The topological polar surface area (TPSA) is 71.3 Å². The Morgan fingerprint density at radius 1 is 1.00 bits per heavy atom. The first-order chi connectivity index (χ1) is 17.1. The van der Waals surface area contributed by atoms with Gasteiger partial charge in [-0.05, 0) is 71.5 Å². The van der Waals surface area contributed by atoms with Crippen LogP contribution in [0, 0.1) is 11.3 Å². The van der Waals surface area contributed by atoms with E-state index in [0.29, 0.717) is 40.4 Å². The summed E-state index contributed by atoms with van der Waals surface area (Å²) in [4.78, 5) is 12.8. The lowest BCUT2D eigenvalue weighted by Gasteiger charge is -2.19. The van der Waals surface area contributed by atoms with Crippen molar-refractivity contribution in [2.75, 3.05) is 11.9 Å². The van der Waals surface area contributed by atoms with Gasteiger partial charge in [-0.25, -0.2) is 0 Å². The molecular formula is C29H28Br2N2O3. The Morgan fingerprint density at radius 3 is 2.22 bits per heavy atom. The van der Waals surface area contributed by atoms with Crippen molar-refractivity contribution < 1.29 is 14.3 Å². The molecule has 0 radical (unpaired) electrons. The van der Waals surface area contributed by atoms with E-state index < -0.39 is 5.91 Å². The van der Waals surface area contributed by atoms with E-state index in [2.05, 4.69) is 57.9 Å². The predicted molar refractivity (Wildman–Crippen MR) is 151 cm³/mol. The van der Waals surface area contributed by atoms with Crippen LogP contribution in [0.3, 0.4) is 0 Å². The molecule has 5 nitrogen and oxygen atoms in total. The standard InChI is InChI=1S/C29H28Br2N2O3/c1-5-35-26-15-20(25(31)16-27(26)36-18-19-6-10-23(30)11-7-19)14-21(17-32)28(34)33-24-12-8-22(9-13-24)29(2,3)4/h6-16H,5,18H2,1-4H3,(H,33,34)/b21-14+. The van der Waals surface area contributed by atoms with Crippen molar-refractivity contribution in [2.45, 2.75) is 39.7 Å². The lowest BCUT2D eigenvalue weighted by atomic mass is 9.87. The van der Waals surface area contributed by atoms with Gasteiger partial charge >= 0.3 is 0 Å². The molecule has 0 fully saturated rings. The lowest BCUT2D eigenvalue weighted by molar-refractivity contribution is -0.112. The molecular weight excluding hydrogens is 584 g/mol. The van der Waals surface area contributed by atoms with Crippen LogP contribution < -0.4 is 14.8 Å². The van der Waals surface area contributed by atoms with Crippen LogP contribution >= 0.6 is 31.9 Å². The molecule has 0 saturated heterocycles. The number of halogens is 2. The normalized spacial score (nSPS) is 11.5. The molecule has 1 amide bonds. The second kappa shape index (κ2) is 12.2. The molecule has 0 aliphatic carbocycles. The number of anilines is 1. The van der Waals surface area contributed by atoms with Crippen LogP contribution in [0.2, 0.25) is 0 Å². The summed E-state index contributed by atoms with van der Waals surface area (Å²) in [7, 11) is 0. The molecule has 0 saturated carbocycles. The highest BCUT2D eigenvalue weighted by molar-refractivity contribution is 9.10. The van der Waals surface area contributed by atoms with Crippen LogP contribution in [0.4, 0.5) is 5.69 Å². The maximum atomic E-state index is 12.8. The Bertz CT molecular complexity index is 1290. The van der Waals surface area contributed by atoms with Gasteiger partial charge in [0.2, 0.25) is 0 Å².